The first-order valence-corrected chi connectivity index (χ1v) is 6.92. The van der Waals surface area contributed by atoms with E-state index in [1.165, 1.54) is 0 Å². The number of carboxylic acids is 1. The van der Waals surface area contributed by atoms with Gasteiger partial charge in [0, 0.05) is 25.2 Å². The number of hydrogen-bond donors (Lipinski definition) is 2. The van der Waals surface area contributed by atoms with Crippen LogP contribution in [0.4, 0.5) is 10.5 Å². The van der Waals surface area contributed by atoms with Crippen molar-refractivity contribution in [2.45, 2.75) is 25.7 Å². The van der Waals surface area contributed by atoms with E-state index in [2.05, 4.69) is 17.2 Å². The number of rotatable bonds is 3. The maximum Gasteiger partial charge on any atom is 0.321 e. The predicted molar refractivity (Wildman–Crippen MR) is 80.2 cm³/mol. The Hall–Kier alpha value is -2.48. The van der Waals surface area contributed by atoms with Crippen LogP contribution in [0.3, 0.4) is 0 Å². The van der Waals surface area contributed by atoms with Gasteiger partial charge in [0.2, 0.25) is 0 Å². The lowest BCUT2D eigenvalue weighted by Gasteiger charge is -2.32. The van der Waals surface area contributed by atoms with Crippen molar-refractivity contribution in [2.24, 2.45) is 0 Å². The van der Waals surface area contributed by atoms with Crippen LogP contribution in [0.15, 0.2) is 24.3 Å². The summed E-state index contributed by atoms with van der Waals surface area (Å²) in [6, 6.07) is 6.97. The lowest BCUT2D eigenvalue weighted by Crippen LogP contribution is -2.44. The molecule has 2 amide bonds. The first-order valence-electron chi connectivity index (χ1n) is 6.92. The second-order valence-corrected chi connectivity index (χ2v) is 4.80. The predicted octanol–water partition coefficient (Wildman–Crippen LogP) is 2.19. The topological polar surface area (TPSA) is 69.6 Å². The van der Waals surface area contributed by atoms with Gasteiger partial charge in [-0.1, -0.05) is 18.2 Å². The Bertz CT molecular complexity index is 601. The third kappa shape index (κ3) is 3.34. The molecule has 0 spiro atoms. The number of anilines is 1. The Morgan fingerprint density at radius 2 is 2.19 bits per heavy atom. The van der Waals surface area contributed by atoms with Crippen LogP contribution in [0, 0.1) is 11.8 Å². The molecule has 1 aromatic rings. The lowest BCUT2D eigenvalue weighted by molar-refractivity contribution is -0.139. The highest BCUT2D eigenvalue weighted by molar-refractivity contribution is 5.95. The second kappa shape index (κ2) is 6.80. The van der Waals surface area contributed by atoms with E-state index in [0.29, 0.717) is 37.2 Å². The van der Waals surface area contributed by atoms with Crippen LogP contribution in [0.5, 0.6) is 0 Å². The molecule has 0 aromatic heterocycles. The summed E-state index contributed by atoms with van der Waals surface area (Å²) in [6.07, 6.45) is 1.03. The summed E-state index contributed by atoms with van der Waals surface area (Å²) >= 11 is 0. The Morgan fingerprint density at radius 1 is 1.43 bits per heavy atom. The van der Waals surface area contributed by atoms with Crippen LogP contribution >= 0.6 is 0 Å². The fourth-order valence-corrected chi connectivity index (χ4v) is 2.48. The number of amides is 2. The maximum atomic E-state index is 12.2. The summed E-state index contributed by atoms with van der Waals surface area (Å²) in [4.78, 5) is 25.1. The van der Waals surface area contributed by atoms with Gasteiger partial charge < -0.3 is 10.4 Å². The zero-order chi connectivity index (χ0) is 15.2. The van der Waals surface area contributed by atoms with E-state index in [0.717, 1.165) is 0 Å². The van der Waals surface area contributed by atoms with Gasteiger partial charge in [-0.2, -0.15) is 0 Å². The number of carbonyl (C=O) groups excluding carboxylic acids is 1. The molecule has 0 fully saturated rings. The molecule has 1 aromatic carbocycles. The summed E-state index contributed by atoms with van der Waals surface area (Å²) < 4.78 is 0. The van der Waals surface area contributed by atoms with Gasteiger partial charge in [0.1, 0.15) is 0 Å². The third-order valence-electron chi connectivity index (χ3n) is 3.49. The number of aliphatic carboxylic acids is 1. The van der Waals surface area contributed by atoms with E-state index in [1.54, 1.807) is 30.0 Å². The molecule has 1 aliphatic rings. The molecule has 0 aliphatic carbocycles. The van der Waals surface area contributed by atoms with E-state index in [-0.39, 0.29) is 6.03 Å². The minimum absolute atomic E-state index is 0.204. The van der Waals surface area contributed by atoms with Crippen molar-refractivity contribution >= 4 is 17.7 Å². The summed E-state index contributed by atoms with van der Waals surface area (Å²) in [6.45, 7) is 2.65. The number of hydrogen-bond acceptors (Lipinski definition) is 2. The van der Waals surface area contributed by atoms with Gasteiger partial charge >= 0.3 is 12.0 Å². The molecule has 0 radical (unpaired) electrons. The van der Waals surface area contributed by atoms with Crippen molar-refractivity contribution in [1.82, 2.24) is 5.32 Å². The molecule has 0 saturated carbocycles. The van der Waals surface area contributed by atoms with Gasteiger partial charge in [-0.15, -0.1) is 11.8 Å². The van der Waals surface area contributed by atoms with Crippen molar-refractivity contribution in [3.63, 3.8) is 0 Å². The number of urea groups is 1. The quantitative estimate of drug-likeness (QED) is 0.661. The standard InChI is InChI=1S/C16H18N2O3/c1-2-3-6-10-17-16(21)18-11-9-13(15(19)20)12-7-4-5-8-14(12)18/h4-5,7-8,13H,6,9-11H2,1H3,(H,17,21)(H,19,20). The summed E-state index contributed by atoms with van der Waals surface area (Å²) in [7, 11) is 0. The van der Waals surface area contributed by atoms with Gasteiger partial charge in [0.15, 0.2) is 0 Å². The van der Waals surface area contributed by atoms with Crippen LogP contribution in [-0.4, -0.2) is 30.2 Å². The molecule has 2 rings (SSSR count). The van der Waals surface area contributed by atoms with E-state index in [9.17, 15) is 14.7 Å². The fourth-order valence-electron chi connectivity index (χ4n) is 2.48. The lowest BCUT2D eigenvalue weighted by atomic mass is 9.90. The van der Waals surface area contributed by atoms with Gasteiger partial charge in [-0.25, -0.2) is 4.79 Å². The number of nitrogens with one attached hydrogen (secondary N) is 1. The molecule has 2 N–H and O–H groups in total. The first kappa shape index (κ1) is 14.9. The molecule has 0 saturated heterocycles. The largest absolute Gasteiger partial charge is 0.481 e. The SMILES string of the molecule is CC#CCCNC(=O)N1CCC(C(=O)O)c2ccccc21. The monoisotopic (exact) mass is 286 g/mol. The highest BCUT2D eigenvalue weighted by atomic mass is 16.4. The number of carbonyl (C=O) groups is 2. The minimum Gasteiger partial charge on any atom is -0.481 e. The van der Waals surface area contributed by atoms with Gasteiger partial charge in [-0.3, -0.25) is 9.69 Å². The van der Waals surface area contributed by atoms with E-state index in [4.69, 9.17) is 0 Å². The summed E-state index contributed by atoms with van der Waals surface area (Å²) in [5.41, 5.74) is 1.37. The molecule has 5 nitrogen and oxygen atoms in total. The normalized spacial score (nSPS) is 16.4. The Balaban J connectivity index is 2.14. The molecule has 21 heavy (non-hydrogen) atoms. The molecular weight excluding hydrogens is 268 g/mol. The van der Waals surface area contributed by atoms with Crippen molar-refractivity contribution in [1.29, 1.82) is 0 Å². The average molecular weight is 286 g/mol. The average Bonchev–Trinajstić information content (AvgIpc) is 2.50. The number of para-hydroxylation sites is 1. The van der Waals surface area contributed by atoms with Crippen LogP contribution in [0.1, 0.15) is 31.2 Å². The number of nitrogens with zero attached hydrogens (tertiary/aromatic N) is 1. The fraction of sp³-hybridized carbons (Fsp3) is 0.375. The van der Waals surface area contributed by atoms with Gasteiger partial charge in [0.05, 0.1) is 5.92 Å². The number of fused-ring (bicyclic) bond motifs is 1. The molecule has 0 bridgehead atoms. The zero-order valence-corrected chi connectivity index (χ0v) is 11.9. The summed E-state index contributed by atoms with van der Waals surface area (Å²) in [5.74, 6) is 4.27. The van der Waals surface area contributed by atoms with Crippen LogP contribution in [0.25, 0.3) is 0 Å². The molecule has 110 valence electrons. The Kier molecular flexibility index (Phi) is 4.83. The van der Waals surface area contributed by atoms with Crippen molar-refractivity contribution in [3.05, 3.63) is 29.8 Å². The third-order valence-corrected chi connectivity index (χ3v) is 3.49. The van der Waals surface area contributed by atoms with Crippen LogP contribution in [-0.2, 0) is 4.79 Å². The molecule has 1 unspecified atom stereocenters. The second-order valence-electron chi connectivity index (χ2n) is 4.80. The van der Waals surface area contributed by atoms with Gasteiger partial charge in [0.25, 0.3) is 0 Å². The highest BCUT2D eigenvalue weighted by Gasteiger charge is 2.32. The molecular formula is C16H18N2O3. The van der Waals surface area contributed by atoms with E-state index >= 15 is 0 Å². The molecule has 1 heterocycles. The molecule has 5 heteroatoms. The zero-order valence-electron chi connectivity index (χ0n) is 11.9. The first-order chi connectivity index (χ1) is 10.1. The van der Waals surface area contributed by atoms with Gasteiger partial charge in [-0.05, 0) is 25.0 Å². The van der Waals surface area contributed by atoms with Crippen LogP contribution < -0.4 is 10.2 Å². The van der Waals surface area contributed by atoms with Crippen LogP contribution in [0.2, 0.25) is 0 Å². The van der Waals surface area contributed by atoms with Crippen molar-refractivity contribution in [2.75, 3.05) is 18.0 Å². The van der Waals surface area contributed by atoms with E-state index < -0.39 is 11.9 Å². The minimum atomic E-state index is -0.847. The maximum absolute atomic E-state index is 12.2. The number of carboxylic acid groups (broad SMARTS) is 1. The van der Waals surface area contributed by atoms with Crippen molar-refractivity contribution < 1.29 is 14.7 Å². The number of benzene rings is 1. The van der Waals surface area contributed by atoms with E-state index in [1.807, 2.05) is 6.07 Å². The molecule has 1 atom stereocenters. The Morgan fingerprint density at radius 3 is 2.90 bits per heavy atom. The highest BCUT2D eigenvalue weighted by Crippen LogP contribution is 2.35. The van der Waals surface area contributed by atoms with Crippen molar-refractivity contribution in [3.8, 4) is 11.8 Å². The Labute approximate surface area is 124 Å². The smallest absolute Gasteiger partial charge is 0.321 e. The summed E-state index contributed by atoms with van der Waals surface area (Å²) in [5, 5.41) is 12.1. The molecule has 1 aliphatic heterocycles.